The zero-order valence-electron chi connectivity index (χ0n) is 10.3. The highest BCUT2D eigenvalue weighted by molar-refractivity contribution is 7.10. The number of hydrogen-bond acceptors (Lipinski definition) is 3. The Hall–Kier alpha value is -1.36. The molecule has 1 amide bonds. The van der Waals surface area contributed by atoms with Crippen LogP contribution in [0.1, 0.15) is 29.7 Å². The minimum Gasteiger partial charge on any atom is -0.481 e. The highest BCUT2D eigenvalue weighted by Gasteiger charge is 2.37. The summed E-state index contributed by atoms with van der Waals surface area (Å²) in [5, 5.41) is 13.9. The number of carbonyl (C=O) groups is 2. The van der Waals surface area contributed by atoms with Gasteiger partial charge in [-0.25, -0.2) is 0 Å². The average Bonchev–Trinajstić information content (AvgIpc) is 2.94. The molecule has 1 aromatic heterocycles. The van der Waals surface area contributed by atoms with E-state index >= 15 is 0 Å². The van der Waals surface area contributed by atoms with Crippen molar-refractivity contribution in [1.29, 1.82) is 0 Å². The molecule has 0 aliphatic heterocycles. The zero-order valence-corrected chi connectivity index (χ0v) is 11.1. The zero-order chi connectivity index (χ0) is 13.1. The molecule has 1 saturated carbocycles. The average molecular weight is 267 g/mol. The second-order valence-corrected chi connectivity index (χ2v) is 5.73. The number of aryl methyl sites for hydroxylation is 1. The van der Waals surface area contributed by atoms with Crippen molar-refractivity contribution in [2.75, 3.05) is 0 Å². The van der Waals surface area contributed by atoms with E-state index in [2.05, 4.69) is 5.32 Å². The Balaban J connectivity index is 1.92. The monoisotopic (exact) mass is 267 g/mol. The summed E-state index contributed by atoms with van der Waals surface area (Å²) in [5.41, 5.74) is 1.17. The Bertz CT molecular complexity index is 455. The molecule has 1 aliphatic carbocycles. The van der Waals surface area contributed by atoms with E-state index < -0.39 is 11.9 Å². The standard InChI is InChI=1S/C13H17NO3S/c1-8-5-6-18-11(8)7-14-12(15)9-3-2-4-10(9)13(16)17/h5-6,9-10H,2-4,7H2,1H3,(H,14,15)(H,16,17)/t9-,10+/m1/s1. The van der Waals surface area contributed by atoms with Crippen molar-refractivity contribution in [3.8, 4) is 0 Å². The van der Waals surface area contributed by atoms with Crippen molar-refractivity contribution in [2.45, 2.75) is 32.7 Å². The van der Waals surface area contributed by atoms with Crippen molar-refractivity contribution >= 4 is 23.2 Å². The summed E-state index contributed by atoms with van der Waals surface area (Å²) in [6.07, 6.45) is 2.13. The maximum absolute atomic E-state index is 12.0. The van der Waals surface area contributed by atoms with Gasteiger partial charge in [0.25, 0.3) is 0 Å². The number of hydrogen-bond donors (Lipinski definition) is 2. The van der Waals surface area contributed by atoms with Crippen molar-refractivity contribution < 1.29 is 14.7 Å². The Morgan fingerprint density at radius 1 is 1.44 bits per heavy atom. The van der Waals surface area contributed by atoms with Crippen LogP contribution in [0, 0.1) is 18.8 Å². The van der Waals surface area contributed by atoms with Gasteiger partial charge in [-0.3, -0.25) is 9.59 Å². The smallest absolute Gasteiger partial charge is 0.307 e. The molecule has 4 nitrogen and oxygen atoms in total. The topological polar surface area (TPSA) is 66.4 Å². The van der Waals surface area contributed by atoms with Crippen molar-refractivity contribution in [3.05, 3.63) is 21.9 Å². The fourth-order valence-electron chi connectivity index (χ4n) is 2.45. The summed E-state index contributed by atoms with van der Waals surface area (Å²) in [7, 11) is 0. The number of carbonyl (C=O) groups excluding carboxylic acids is 1. The molecule has 18 heavy (non-hydrogen) atoms. The van der Waals surface area contributed by atoms with Crippen LogP contribution < -0.4 is 5.32 Å². The number of carboxylic acid groups (broad SMARTS) is 1. The molecule has 1 heterocycles. The van der Waals surface area contributed by atoms with Crippen LogP contribution in [-0.2, 0) is 16.1 Å². The predicted octanol–water partition coefficient (Wildman–Crippen LogP) is 2.17. The highest BCUT2D eigenvalue weighted by Crippen LogP contribution is 2.32. The van der Waals surface area contributed by atoms with Gasteiger partial charge in [-0.15, -0.1) is 11.3 Å². The molecule has 1 aromatic rings. The summed E-state index contributed by atoms with van der Waals surface area (Å²) >= 11 is 1.61. The lowest BCUT2D eigenvalue weighted by Gasteiger charge is -2.15. The van der Waals surface area contributed by atoms with E-state index in [1.165, 1.54) is 5.56 Å². The van der Waals surface area contributed by atoms with E-state index in [9.17, 15) is 9.59 Å². The Kier molecular flexibility index (Phi) is 4.01. The summed E-state index contributed by atoms with van der Waals surface area (Å²) < 4.78 is 0. The maximum atomic E-state index is 12.0. The molecule has 0 saturated heterocycles. The third kappa shape index (κ3) is 2.72. The molecular formula is C13H17NO3S. The van der Waals surface area contributed by atoms with Crippen LogP contribution in [0.5, 0.6) is 0 Å². The van der Waals surface area contributed by atoms with Crippen LogP contribution in [0.3, 0.4) is 0 Å². The van der Waals surface area contributed by atoms with Gasteiger partial charge in [0, 0.05) is 4.88 Å². The molecule has 0 bridgehead atoms. The predicted molar refractivity (Wildman–Crippen MR) is 69.4 cm³/mol. The Morgan fingerprint density at radius 3 is 2.78 bits per heavy atom. The van der Waals surface area contributed by atoms with Gasteiger partial charge < -0.3 is 10.4 Å². The highest BCUT2D eigenvalue weighted by atomic mass is 32.1. The molecule has 5 heteroatoms. The fourth-order valence-corrected chi connectivity index (χ4v) is 3.30. The minimum atomic E-state index is -0.847. The SMILES string of the molecule is Cc1ccsc1CNC(=O)[C@@H]1CCC[C@@H]1C(=O)O. The van der Waals surface area contributed by atoms with E-state index in [1.54, 1.807) is 11.3 Å². The molecular weight excluding hydrogens is 250 g/mol. The third-order valence-corrected chi connectivity index (χ3v) is 4.58. The second-order valence-electron chi connectivity index (χ2n) is 4.73. The van der Waals surface area contributed by atoms with E-state index in [0.717, 1.165) is 11.3 Å². The lowest BCUT2D eigenvalue weighted by molar-refractivity contribution is -0.146. The van der Waals surface area contributed by atoms with Gasteiger partial charge in [-0.05, 0) is 36.8 Å². The van der Waals surface area contributed by atoms with Gasteiger partial charge in [0.2, 0.25) is 5.91 Å². The Labute approximate surface area is 110 Å². The summed E-state index contributed by atoms with van der Waals surface area (Å²) in [5.74, 6) is -1.83. The van der Waals surface area contributed by atoms with Crippen LogP contribution in [0.25, 0.3) is 0 Å². The van der Waals surface area contributed by atoms with Crippen LogP contribution in [0.2, 0.25) is 0 Å². The number of nitrogens with one attached hydrogen (secondary N) is 1. The first-order valence-electron chi connectivity index (χ1n) is 6.13. The molecule has 2 atom stereocenters. The first-order chi connectivity index (χ1) is 8.59. The second kappa shape index (κ2) is 5.52. The summed E-state index contributed by atoms with van der Waals surface area (Å²) in [6.45, 7) is 2.51. The van der Waals surface area contributed by atoms with Crippen LogP contribution in [0.4, 0.5) is 0 Å². The number of amides is 1. The van der Waals surface area contributed by atoms with Crippen LogP contribution in [-0.4, -0.2) is 17.0 Å². The number of rotatable bonds is 4. The first kappa shape index (κ1) is 13.1. The maximum Gasteiger partial charge on any atom is 0.307 e. The van der Waals surface area contributed by atoms with E-state index in [-0.39, 0.29) is 11.8 Å². The van der Waals surface area contributed by atoms with Crippen molar-refractivity contribution in [3.63, 3.8) is 0 Å². The van der Waals surface area contributed by atoms with E-state index in [4.69, 9.17) is 5.11 Å². The molecule has 1 aliphatic rings. The van der Waals surface area contributed by atoms with Gasteiger partial charge in [-0.2, -0.15) is 0 Å². The van der Waals surface area contributed by atoms with Crippen LogP contribution in [0.15, 0.2) is 11.4 Å². The van der Waals surface area contributed by atoms with Crippen molar-refractivity contribution in [1.82, 2.24) is 5.32 Å². The molecule has 98 valence electrons. The van der Waals surface area contributed by atoms with Gasteiger partial charge in [0.15, 0.2) is 0 Å². The quantitative estimate of drug-likeness (QED) is 0.878. The first-order valence-corrected chi connectivity index (χ1v) is 7.01. The lowest BCUT2D eigenvalue weighted by atomic mass is 9.95. The van der Waals surface area contributed by atoms with Gasteiger partial charge in [0.05, 0.1) is 18.4 Å². The number of thiophene rings is 1. The molecule has 2 N–H and O–H groups in total. The third-order valence-electron chi connectivity index (χ3n) is 3.56. The van der Waals surface area contributed by atoms with E-state index in [0.29, 0.717) is 19.4 Å². The molecule has 0 unspecified atom stereocenters. The van der Waals surface area contributed by atoms with Crippen molar-refractivity contribution in [2.24, 2.45) is 11.8 Å². The van der Waals surface area contributed by atoms with E-state index in [1.807, 2.05) is 18.4 Å². The number of aliphatic carboxylic acids is 1. The fraction of sp³-hybridized carbons (Fsp3) is 0.538. The van der Waals surface area contributed by atoms with Gasteiger partial charge >= 0.3 is 5.97 Å². The van der Waals surface area contributed by atoms with Gasteiger partial charge in [-0.1, -0.05) is 6.42 Å². The largest absolute Gasteiger partial charge is 0.481 e. The molecule has 0 radical (unpaired) electrons. The Morgan fingerprint density at radius 2 is 2.17 bits per heavy atom. The molecule has 0 aromatic carbocycles. The lowest BCUT2D eigenvalue weighted by Crippen LogP contribution is -2.34. The molecule has 2 rings (SSSR count). The minimum absolute atomic E-state index is 0.118. The normalized spacial score (nSPS) is 22.9. The molecule has 0 spiro atoms. The summed E-state index contributed by atoms with van der Waals surface area (Å²) in [4.78, 5) is 24.2. The van der Waals surface area contributed by atoms with Crippen LogP contribution >= 0.6 is 11.3 Å². The van der Waals surface area contributed by atoms with Gasteiger partial charge in [0.1, 0.15) is 0 Å². The molecule has 1 fully saturated rings. The number of carboxylic acids is 1. The summed E-state index contributed by atoms with van der Waals surface area (Å²) in [6, 6.07) is 2.02.